The van der Waals surface area contributed by atoms with Gasteiger partial charge in [-0.25, -0.2) is 8.42 Å². The fourth-order valence-corrected chi connectivity index (χ4v) is 5.42. The molecule has 1 aliphatic heterocycles. The molecule has 1 aromatic heterocycles. The summed E-state index contributed by atoms with van der Waals surface area (Å²) >= 11 is 1.33. The van der Waals surface area contributed by atoms with Gasteiger partial charge in [0.15, 0.2) is 0 Å². The van der Waals surface area contributed by atoms with Crippen molar-refractivity contribution in [1.29, 1.82) is 0 Å². The molecule has 0 bridgehead atoms. The van der Waals surface area contributed by atoms with Gasteiger partial charge in [0.05, 0.1) is 0 Å². The van der Waals surface area contributed by atoms with E-state index in [-0.39, 0.29) is 0 Å². The number of nitrogens with zero attached hydrogens (tertiary/aromatic N) is 2. The maximum atomic E-state index is 12.7. The Balaban J connectivity index is 2.11. The molecule has 0 radical (unpaired) electrons. The van der Waals surface area contributed by atoms with Crippen molar-refractivity contribution < 1.29 is 8.42 Å². The maximum absolute atomic E-state index is 12.7. The fraction of sp³-hybridized carbons (Fsp3) is 0.714. The van der Waals surface area contributed by atoms with Crippen LogP contribution in [0.4, 0.5) is 0 Å². The molecule has 1 fully saturated rings. The van der Waals surface area contributed by atoms with E-state index in [2.05, 4.69) is 10.2 Å². The second kappa shape index (κ2) is 7.19. The molecule has 7 heteroatoms. The Labute approximate surface area is 132 Å². The van der Waals surface area contributed by atoms with Crippen molar-refractivity contribution in [2.45, 2.75) is 36.6 Å². The maximum Gasteiger partial charge on any atom is 0.252 e. The molecule has 1 unspecified atom stereocenters. The lowest BCUT2D eigenvalue weighted by Gasteiger charge is -2.35. The molecular formula is C14H25N3O2S2. The van der Waals surface area contributed by atoms with Gasteiger partial charge in [0.2, 0.25) is 0 Å². The number of rotatable bonds is 6. The number of sulfonamides is 1. The monoisotopic (exact) mass is 331 g/mol. The van der Waals surface area contributed by atoms with E-state index in [0.717, 1.165) is 31.5 Å². The minimum atomic E-state index is -3.34. The highest BCUT2D eigenvalue weighted by molar-refractivity contribution is 7.91. The van der Waals surface area contributed by atoms with Crippen molar-refractivity contribution in [1.82, 2.24) is 14.5 Å². The average Bonchev–Trinajstić information content (AvgIpc) is 2.94. The molecule has 0 spiro atoms. The molecule has 1 aliphatic rings. The molecule has 0 saturated carbocycles. The van der Waals surface area contributed by atoms with E-state index in [9.17, 15) is 8.42 Å². The van der Waals surface area contributed by atoms with Gasteiger partial charge in [-0.2, -0.15) is 4.31 Å². The summed E-state index contributed by atoms with van der Waals surface area (Å²) in [7, 11) is 0.693. The van der Waals surface area contributed by atoms with Crippen LogP contribution in [0, 0.1) is 0 Å². The molecule has 0 aliphatic carbocycles. The number of thiophene rings is 1. The molecule has 1 N–H and O–H groups in total. The SMILES string of the molecule is CCNCc1csc(S(=O)(=O)N2CCCC(N(C)C)C2)c1. The first-order valence-electron chi connectivity index (χ1n) is 7.40. The first-order valence-corrected chi connectivity index (χ1v) is 9.71. The third-order valence-electron chi connectivity index (χ3n) is 3.89. The van der Waals surface area contributed by atoms with E-state index in [0.29, 0.717) is 23.3 Å². The van der Waals surface area contributed by atoms with Gasteiger partial charge in [0, 0.05) is 25.7 Å². The Kier molecular flexibility index (Phi) is 5.79. The second-order valence-corrected chi connectivity index (χ2v) is 8.75. The summed E-state index contributed by atoms with van der Waals surface area (Å²) in [5, 5.41) is 5.16. The van der Waals surface area contributed by atoms with Gasteiger partial charge in [0.1, 0.15) is 4.21 Å². The Hall–Kier alpha value is -0.470. The van der Waals surface area contributed by atoms with Crippen LogP contribution in [-0.2, 0) is 16.6 Å². The van der Waals surface area contributed by atoms with Crippen LogP contribution in [0.25, 0.3) is 0 Å². The van der Waals surface area contributed by atoms with E-state index >= 15 is 0 Å². The molecule has 0 aromatic carbocycles. The number of nitrogens with one attached hydrogen (secondary N) is 1. The van der Waals surface area contributed by atoms with Crippen molar-refractivity contribution in [3.63, 3.8) is 0 Å². The quantitative estimate of drug-likeness (QED) is 0.860. The van der Waals surface area contributed by atoms with E-state index < -0.39 is 10.0 Å². The summed E-state index contributed by atoms with van der Waals surface area (Å²) < 4.78 is 27.6. The molecule has 2 rings (SSSR count). The van der Waals surface area contributed by atoms with Crippen molar-refractivity contribution in [2.75, 3.05) is 33.7 Å². The van der Waals surface area contributed by atoms with Gasteiger partial charge >= 0.3 is 0 Å². The van der Waals surface area contributed by atoms with Crippen molar-refractivity contribution in [2.24, 2.45) is 0 Å². The zero-order valence-corrected chi connectivity index (χ0v) is 14.6. The Morgan fingerprint density at radius 1 is 1.48 bits per heavy atom. The van der Waals surface area contributed by atoms with E-state index in [1.54, 1.807) is 4.31 Å². The van der Waals surface area contributed by atoms with Gasteiger partial charge in [-0.05, 0) is 50.5 Å². The molecular weight excluding hydrogens is 306 g/mol. The third kappa shape index (κ3) is 4.04. The molecule has 0 amide bonds. The largest absolute Gasteiger partial charge is 0.313 e. The van der Waals surface area contributed by atoms with Crippen LogP contribution in [-0.4, -0.2) is 57.4 Å². The van der Waals surface area contributed by atoms with Crippen LogP contribution in [0.2, 0.25) is 0 Å². The fourth-order valence-electron chi connectivity index (χ4n) is 2.54. The van der Waals surface area contributed by atoms with E-state index in [1.165, 1.54) is 11.3 Å². The lowest BCUT2D eigenvalue weighted by Crippen LogP contribution is -2.47. The van der Waals surface area contributed by atoms with Gasteiger partial charge in [-0.3, -0.25) is 0 Å². The number of piperidine rings is 1. The third-order valence-corrected chi connectivity index (χ3v) is 7.22. The smallest absolute Gasteiger partial charge is 0.252 e. The topological polar surface area (TPSA) is 52.7 Å². The van der Waals surface area contributed by atoms with Crippen LogP contribution in [0.5, 0.6) is 0 Å². The van der Waals surface area contributed by atoms with Gasteiger partial charge in [-0.15, -0.1) is 11.3 Å². The summed E-state index contributed by atoms with van der Waals surface area (Å²) in [5.74, 6) is 0. The van der Waals surface area contributed by atoms with E-state index in [4.69, 9.17) is 0 Å². The molecule has 21 heavy (non-hydrogen) atoms. The number of hydrogen-bond acceptors (Lipinski definition) is 5. The molecule has 5 nitrogen and oxygen atoms in total. The van der Waals surface area contributed by atoms with Crippen molar-refractivity contribution >= 4 is 21.4 Å². The van der Waals surface area contributed by atoms with E-state index in [1.807, 2.05) is 32.5 Å². The highest BCUT2D eigenvalue weighted by Crippen LogP contribution is 2.27. The second-order valence-electron chi connectivity index (χ2n) is 5.68. The first kappa shape index (κ1) is 16.9. The van der Waals surface area contributed by atoms with Crippen molar-refractivity contribution in [3.8, 4) is 0 Å². The number of hydrogen-bond donors (Lipinski definition) is 1. The molecule has 1 saturated heterocycles. The van der Waals surface area contributed by atoms with Gasteiger partial charge in [0.25, 0.3) is 10.0 Å². The Bertz CT molecular complexity index is 554. The van der Waals surface area contributed by atoms with Crippen molar-refractivity contribution in [3.05, 3.63) is 17.0 Å². The highest BCUT2D eigenvalue weighted by Gasteiger charge is 2.31. The summed E-state index contributed by atoms with van der Waals surface area (Å²) in [6.45, 7) is 4.87. The predicted molar refractivity (Wildman–Crippen MR) is 87.2 cm³/mol. The minimum Gasteiger partial charge on any atom is -0.313 e. The van der Waals surface area contributed by atoms with Crippen LogP contribution in [0.1, 0.15) is 25.3 Å². The zero-order valence-electron chi connectivity index (χ0n) is 13.0. The van der Waals surface area contributed by atoms with Crippen LogP contribution < -0.4 is 5.32 Å². The first-order chi connectivity index (χ1) is 9.95. The summed E-state index contributed by atoms with van der Waals surface area (Å²) in [6, 6.07) is 2.12. The van der Waals surface area contributed by atoms with Crippen LogP contribution >= 0.6 is 11.3 Å². The zero-order chi connectivity index (χ0) is 15.5. The predicted octanol–water partition coefficient (Wildman–Crippen LogP) is 1.57. The summed E-state index contributed by atoms with van der Waals surface area (Å²) in [6.07, 6.45) is 1.99. The molecule has 120 valence electrons. The molecule has 1 atom stereocenters. The normalized spacial score (nSPS) is 21.0. The lowest BCUT2D eigenvalue weighted by atomic mass is 10.1. The average molecular weight is 332 g/mol. The minimum absolute atomic E-state index is 0.315. The van der Waals surface area contributed by atoms with Gasteiger partial charge < -0.3 is 10.2 Å². The molecule has 2 heterocycles. The van der Waals surface area contributed by atoms with Crippen LogP contribution in [0.15, 0.2) is 15.7 Å². The molecule has 1 aromatic rings. The highest BCUT2D eigenvalue weighted by atomic mass is 32.2. The Morgan fingerprint density at radius 2 is 2.24 bits per heavy atom. The standard InChI is InChI=1S/C14H25N3O2S2/c1-4-15-9-12-8-14(20-11-12)21(18,19)17-7-5-6-13(10-17)16(2)3/h8,11,13,15H,4-7,9-10H2,1-3H3. The summed E-state index contributed by atoms with van der Waals surface area (Å²) in [4.78, 5) is 2.12. The number of likely N-dealkylation sites (N-methyl/N-ethyl adjacent to an activating group) is 1. The van der Waals surface area contributed by atoms with Gasteiger partial charge in [-0.1, -0.05) is 6.92 Å². The van der Waals surface area contributed by atoms with Crippen LogP contribution in [0.3, 0.4) is 0 Å². The summed E-state index contributed by atoms with van der Waals surface area (Å²) in [5.41, 5.74) is 1.04. The lowest BCUT2D eigenvalue weighted by molar-refractivity contribution is 0.190. The Morgan fingerprint density at radius 3 is 2.90 bits per heavy atom.